The minimum atomic E-state index is -0.212. The van der Waals surface area contributed by atoms with Gasteiger partial charge in [-0.15, -0.1) is 0 Å². The Labute approximate surface area is 148 Å². The van der Waals surface area contributed by atoms with Crippen molar-refractivity contribution in [3.8, 4) is 5.75 Å². The SMILES string of the molecule is CNC.Cc1cccc(OCCCN2C(=O)c3ccccc3C2=O)c1. The van der Waals surface area contributed by atoms with Gasteiger partial charge in [0.25, 0.3) is 11.8 Å². The fraction of sp³-hybridized carbons (Fsp3) is 0.300. The molecule has 0 unspecified atom stereocenters. The van der Waals surface area contributed by atoms with Crippen molar-refractivity contribution in [1.82, 2.24) is 10.2 Å². The van der Waals surface area contributed by atoms with Crippen LogP contribution >= 0.6 is 0 Å². The first-order valence-electron chi connectivity index (χ1n) is 8.31. The molecule has 1 heterocycles. The van der Waals surface area contributed by atoms with Crippen LogP contribution in [-0.4, -0.2) is 44.0 Å². The number of ether oxygens (including phenoxy) is 1. The number of fused-ring (bicyclic) bond motifs is 1. The van der Waals surface area contributed by atoms with E-state index in [1.807, 2.05) is 45.3 Å². The maximum atomic E-state index is 12.2. The summed E-state index contributed by atoms with van der Waals surface area (Å²) in [6, 6.07) is 14.7. The first-order chi connectivity index (χ1) is 12.1. The molecule has 1 N–H and O–H groups in total. The summed E-state index contributed by atoms with van der Waals surface area (Å²) in [5, 5.41) is 2.75. The molecule has 5 nitrogen and oxygen atoms in total. The Kier molecular flexibility index (Phi) is 6.71. The average molecular weight is 340 g/mol. The van der Waals surface area contributed by atoms with Gasteiger partial charge in [0.05, 0.1) is 17.7 Å². The van der Waals surface area contributed by atoms with Crippen molar-refractivity contribution in [2.24, 2.45) is 0 Å². The average Bonchev–Trinajstić information content (AvgIpc) is 2.84. The van der Waals surface area contributed by atoms with E-state index in [1.165, 1.54) is 4.90 Å². The predicted molar refractivity (Wildman–Crippen MR) is 98.1 cm³/mol. The number of carbonyl (C=O) groups excluding carboxylic acids is 2. The lowest BCUT2D eigenvalue weighted by Crippen LogP contribution is -2.31. The maximum absolute atomic E-state index is 12.2. The molecule has 3 rings (SSSR count). The van der Waals surface area contributed by atoms with Crippen LogP contribution in [-0.2, 0) is 0 Å². The standard InChI is InChI=1S/C18H17NO3.C2H7N/c1-13-6-4-7-14(12-13)22-11-5-10-19-17(20)15-8-2-3-9-16(15)18(19)21;1-3-2/h2-4,6-9,12H,5,10-11H2,1H3;3H,1-2H3. The second-order valence-corrected chi connectivity index (χ2v) is 5.83. The number of benzene rings is 2. The van der Waals surface area contributed by atoms with E-state index in [9.17, 15) is 9.59 Å². The summed E-state index contributed by atoms with van der Waals surface area (Å²) >= 11 is 0. The van der Waals surface area contributed by atoms with E-state index in [2.05, 4.69) is 5.32 Å². The van der Waals surface area contributed by atoms with E-state index < -0.39 is 0 Å². The van der Waals surface area contributed by atoms with E-state index in [-0.39, 0.29) is 11.8 Å². The third-order valence-electron chi connectivity index (χ3n) is 3.66. The van der Waals surface area contributed by atoms with Crippen LogP contribution in [0.2, 0.25) is 0 Å². The van der Waals surface area contributed by atoms with Crippen LogP contribution < -0.4 is 10.1 Å². The molecule has 2 amide bonds. The molecule has 25 heavy (non-hydrogen) atoms. The molecular formula is C20H24N2O3. The first-order valence-corrected chi connectivity index (χ1v) is 8.31. The van der Waals surface area contributed by atoms with E-state index in [0.717, 1.165) is 11.3 Å². The lowest BCUT2D eigenvalue weighted by molar-refractivity contribution is 0.0647. The molecule has 2 aromatic rings. The van der Waals surface area contributed by atoms with Crippen molar-refractivity contribution < 1.29 is 14.3 Å². The van der Waals surface area contributed by atoms with Gasteiger partial charge >= 0.3 is 0 Å². The molecule has 132 valence electrons. The lowest BCUT2D eigenvalue weighted by atomic mass is 10.1. The summed E-state index contributed by atoms with van der Waals surface area (Å²) in [4.78, 5) is 25.7. The summed E-state index contributed by atoms with van der Waals surface area (Å²) < 4.78 is 5.64. The highest BCUT2D eigenvalue weighted by molar-refractivity contribution is 6.21. The van der Waals surface area contributed by atoms with Crippen LogP contribution in [0.5, 0.6) is 5.75 Å². The number of amides is 2. The van der Waals surface area contributed by atoms with Gasteiger partial charge in [0, 0.05) is 6.54 Å². The maximum Gasteiger partial charge on any atom is 0.261 e. The third-order valence-corrected chi connectivity index (χ3v) is 3.66. The van der Waals surface area contributed by atoms with Crippen LogP contribution in [0.25, 0.3) is 0 Å². The van der Waals surface area contributed by atoms with Gasteiger partial charge in [-0.2, -0.15) is 0 Å². The highest BCUT2D eigenvalue weighted by Crippen LogP contribution is 2.22. The molecule has 0 radical (unpaired) electrons. The summed E-state index contributed by atoms with van der Waals surface area (Å²) in [7, 11) is 3.75. The Hall–Kier alpha value is -2.66. The number of hydrogen-bond acceptors (Lipinski definition) is 4. The number of imide groups is 1. The molecule has 0 saturated carbocycles. The number of rotatable bonds is 5. The van der Waals surface area contributed by atoms with Crippen LogP contribution in [0.4, 0.5) is 0 Å². The first kappa shape index (κ1) is 18.7. The Bertz CT molecular complexity index is 708. The van der Waals surface area contributed by atoms with Crippen molar-refractivity contribution in [2.75, 3.05) is 27.2 Å². The zero-order chi connectivity index (χ0) is 18.2. The zero-order valence-corrected chi connectivity index (χ0v) is 14.9. The molecule has 0 spiro atoms. The van der Waals surface area contributed by atoms with E-state index >= 15 is 0 Å². The van der Waals surface area contributed by atoms with Gasteiger partial charge in [0.15, 0.2) is 0 Å². The van der Waals surface area contributed by atoms with Crippen LogP contribution in [0.3, 0.4) is 0 Å². The number of carbonyl (C=O) groups is 2. The third kappa shape index (κ3) is 4.67. The Morgan fingerprint density at radius 1 is 0.960 bits per heavy atom. The van der Waals surface area contributed by atoms with Gasteiger partial charge in [0.1, 0.15) is 5.75 Å². The molecular weight excluding hydrogens is 316 g/mol. The fourth-order valence-corrected chi connectivity index (χ4v) is 2.56. The Morgan fingerprint density at radius 2 is 1.56 bits per heavy atom. The van der Waals surface area contributed by atoms with Crippen molar-refractivity contribution >= 4 is 11.8 Å². The van der Waals surface area contributed by atoms with Crippen molar-refractivity contribution in [1.29, 1.82) is 0 Å². The minimum absolute atomic E-state index is 0.212. The minimum Gasteiger partial charge on any atom is -0.494 e. The molecule has 0 aliphatic carbocycles. The van der Waals surface area contributed by atoms with Crippen molar-refractivity contribution in [3.63, 3.8) is 0 Å². The molecule has 0 bridgehead atoms. The largest absolute Gasteiger partial charge is 0.494 e. The van der Waals surface area contributed by atoms with Crippen molar-refractivity contribution in [3.05, 3.63) is 65.2 Å². The summed E-state index contributed by atoms with van der Waals surface area (Å²) in [5.41, 5.74) is 2.12. The van der Waals surface area contributed by atoms with Gasteiger partial charge < -0.3 is 10.1 Å². The molecule has 2 aromatic carbocycles. The molecule has 1 aliphatic rings. The zero-order valence-electron chi connectivity index (χ0n) is 14.9. The normalized spacial score (nSPS) is 12.5. The van der Waals surface area contributed by atoms with E-state index in [0.29, 0.717) is 30.7 Å². The number of hydrogen-bond donors (Lipinski definition) is 1. The topological polar surface area (TPSA) is 58.6 Å². The smallest absolute Gasteiger partial charge is 0.261 e. The van der Waals surface area contributed by atoms with Crippen LogP contribution in [0, 0.1) is 6.92 Å². The number of aryl methyl sites for hydroxylation is 1. The highest BCUT2D eigenvalue weighted by Gasteiger charge is 2.34. The molecule has 0 saturated heterocycles. The molecule has 0 aromatic heterocycles. The van der Waals surface area contributed by atoms with Gasteiger partial charge in [-0.1, -0.05) is 24.3 Å². The van der Waals surface area contributed by atoms with Gasteiger partial charge in [-0.25, -0.2) is 0 Å². The predicted octanol–water partition coefficient (Wildman–Crippen LogP) is 2.90. The quantitative estimate of drug-likeness (QED) is 0.672. The number of nitrogens with one attached hydrogen (secondary N) is 1. The summed E-state index contributed by atoms with van der Waals surface area (Å²) in [6.07, 6.45) is 0.611. The molecule has 1 aliphatic heterocycles. The molecule has 0 atom stereocenters. The Balaban J connectivity index is 0.000000701. The van der Waals surface area contributed by atoms with Crippen LogP contribution in [0.1, 0.15) is 32.7 Å². The summed E-state index contributed by atoms with van der Waals surface area (Å²) in [6.45, 7) is 2.85. The van der Waals surface area contributed by atoms with E-state index in [4.69, 9.17) is 4.74 Å². The van der Waals surface area contributed by atoms with Gasteiger partial charge in [-0.05, 0) is 57.3 Å². The molecule has 5 heteroatoms. The van der Waals surface area contributed by atoms with Crippen LogP contribution in [0.15, 0.2) is 48.5 Å². The second kappa shape index (κ2) is 8.99. The fourth-order valence-electron chi connectivity index (χ4n) is 2.56. The van der Waals surface area contributed by atoms with E-state index in [1.54, 1.807) is 24.3 Å². The van der Waals surface area contributed by atoms with Gasteiger partial charge in [-0.3, -0.25) is 14.5 Å². The number of nitrogens with zero attached hydrogens (tertiary/aromatic N) is 1. The highest BCUT2D eigenvalue weighted by atomic mass is 16.5. The Morgan fingerprint density at radius 3 is 2.12 bits per heavy atom. The van der Waals surface area contributed by atoms with Gasteiger partial charge in [0.2, 0.25) is 0 Å². The van der Waals surface area contributed by atoms with Crippen molar-refractivity contribution in [2.45, 2.75) is 13.3 Å². The summed E-state index contributed by atoms with van der Waals surface area (Å²) in [5.74, 6) is 0.384. The monoisotopic (exact) mass is 340 g/mol. The second-order valence-electron chi connectivity index (χ2n) is 5.83. The lowest BCUT2D eigenvalue weighted by Gasteiger charge is -2.14. The molecule has 0 fully saturated rings.